The van der Waals surface area contributed by atoms with Gasteiger partial charge < -0.3 is 14.2 Å². The van der Waals surface area contributed by atoms with Crippen molar-refractivity contribution in [2.75, 3.05) is 21.1 Å². The van der Waals surface area contributed by atoms with Crippen molar-refractivity contribution in [2.45, 2.75) is 24.7 Å². The zero-order valence-electron chi connectivity index (χ0n) is 14.6. The highest BCUT2D eigenvalue weighted by Gasteiger charge is 2.55. The molecule has 0 radical (unpaired) electrons. The molecule has 3 atom stereocenters. The minimum absolute atomic E-state index is 0.177. The summed E-state index contributed by atoms with van der Waals surface area (Å²) < 4.78 is 42.4. The highest BCUT2D eigenvalue weighted by Crippen LogP contribution is 2.50. The number of halogens is 3. The van der Waals surface area contributed by atoms with Crippen molar-refractivity contribution in [1.29, 1.82) is 5.26 Å². The average Bonchev–Trinajstić information content (AvgIpc) is 3.14. The number of carbonyl (C=O) groups is 1. The summed E-state index contributed by atoms with van der Waals surface area (Å²) in [6, 6.07) is 7.19. The molecule has 0 spiro atoms. The monoisotopic (exact) mass is 366 g/mol. The molecule has 0 saturated heterocycles. The van der Waals surface area contributed by atoms with Crippen LogP contribution >= 0.6 is 0 Å². The lowest BCUT2D eigenvalue weighted by atomic mass is 9.98. The van der Waals surface area contributed by atoms with Crippen molar-refractivity contribution in [3.8, 4) is 6.07 Å². The van der Waals surface area contributed by atoms with Gasteiger partial charge in [0.2, 0.25) is 0 Å². The summed E-state index contributed by atoms with van der Waals surface area (Å²) in [6.07, 6.45) is -3.54. The Hall–Kier alpha value is -2.53. The highest BCUT2D eigenvalue weighted by molar-refractivity contribution is 5.85. The van der Waals surface area contributed by atoms with Gasteiger partial charge in [0.25, 0.3) is 0 Å². The van der Waals surface area contributed by atoms with E-state index in [1.165, 1.54) is 0 Å². The fourth-order valence-electron chi connectivity index (χ4n) is 3.54. The number of fused-ring (bicyclic) bond motifs is 1. The maximum atomic E-state index is 12.5. The predicted octanol–water partition coefficient (Wildman–Crippen LogP) is 3.28. The number of nitrogens with zero attached hydrogens (tertiary/aromatic N) is 2. The molecule has 26 heavy (non-hydrogen) atoms. The molecule has 1 aliphatic rings. The third-order valence-corrected chi connectivity index (χ3v) is 4.67. The van der Waals surface area contributed by atoms with Crippen LogP contribution in [0.1, 0.15) is 23.6 Å². The van der Waals surface area contributed by atoms with Gasteiger partial charge in [-0.1, -0.05) is 0 Å². The van der Waals surface area contributed by atoms with E-state index in [-0.39, 0.29) is 12.0 Å². The van der Waals surface area contributed by atoms with Crippen LogP contribution in [-0.4, -0.2) is 48.9 Å². The van der Waals surface area contributed by atoms with Crippen molar-refractivity contribution in [2.24, 2.45) is 5.92 Å². The number of rotatable bonds is 4. The van der Waals surface area contributed by atoms with Crippen LogP contribution in [0.3, 0.4) is 0 Å². The van der Waals surface area contributed by atoms with Gasteiger partial charge in [-0.25, -0.2) is 4.79 Å². The van der Waals surface area contributed by atoms with E-state index in [9.17, 15) is 18.0 Å². The zero-order chi connectivity index (χ0) is 19.3. The lowest BCUT2D eigenvalue weighted by molar-refractivity contribution is -0.904. The summed E-state index contributed by atoms with van der Waals surface area (Å²) in [5.74, 6) is -2.36. The Morgan fingerprint density at radius 1 is 1.38 bits per heavy atom. The molecule has 1 aromatic carbocycles. The van der Waals surface area contributed by atoms with E-state index in [1.54, 1.807) is 18.2 Å². The summed E-state index contributed by atoms with van der Waals surface area (Å²) in [5.41, 5.74) is 2.26. The van der Waals surface area contributed by atoms with E-state index in [1.807, 2.05) is 27.3 Å². The van der Waals surface area contributed by atoms with Crippen LogP contribution < -0.4 is 0 Å². The Bertz CT molecular complexity index is 890. The number of esters is 1. The molecule has 3 unspecified atom stereocenters. The van der Waals surface area contributed by atoms with Gasteiger partial charge in [-0.15, -0.1) is 0 Å². The van der Waals surface area contributed by atoms with Crippen LogP contribution in [0, 0.1) is 17.2 Å². The molecule has 1 fully saturated rings. The molecule has 0 amide bonds. The van der Waals surface area contributed by atoms with Crippen LogP contribution in [0.15, 0.2) is 24.4 Å². The van der Waals surface area contributed by atoms with Crippen molar-refractivity contribution in [3.63, 3.8) is 0 Å². The maximum absolute atomic E-state index is 12.5. The number of ether oxygens (including phenoxy) is 1. The van der Waals surface area contributed by atoms with Gasteiger partial charge in [-0.2, -0.15) is 18.4 Å². The number of aromatic amines is 1. The maximum Gasteiger partial charge on any atom is 0.490 e. The Labute approximate surface area is 148 Å². The topological polar surface area (TPSA) is 65.9 Å². The van der Waals surface area contributed by atoms with Crippen LogP contribution in [0.25, 0.3) is 10.9 Å². The number of alkyl halides is 3. The summed E-state index contributed by atoms with van der Waals surface area (Å²) in [7, 11) is 5.83. The van der Waals surface area contributed by atoms with Crippen LogP contribution in [0.4, 0.5) is 13.2 Å². The quantitative estimate of drug-likeness (QED) is 0.667. The van der Waals surface area contributed by atoms with Crippen molar-refractivity contribution < 1.29 is 27.2 Å². The molecule has 3 rings (SSSR count). The molecule has 2 aromatic rings. The number of benzene rings is 1. The first-order valence-electron chi connectivity index (χ1n) is 8.12. The number of hydrogen-bond acceptors (Lipinski definition) is 3. The van der Waals surface area contributed by atoms with Crippen LogP contribution in [-0.2, 0) is 9.53 Å². The summed E-state index contributed by atoms with van der Waals surface area (Å²) in [5, 5.41) is 9.99. The number of hydrogen-bond donors (Lipinski definition) is 1. The third kappa shape index (κ3) is 3.40. The lowest BCUT2D eigenvalue weighted by Crippen LogP contribution is -2.41. The summed E-state index contributed by atoms with van der Waals surface area (Å²) >= 11 is 0. The van der Waals surface area contributed by atoms with E-state index in [4.69, 9.17) is 5.26 Å². The molecule has 0 bridgehead atoms. The van der Waals surface area contributed by atoms with E-state index in [0.717, 1.165) is 16.5 Å². The van der Waals surface area contributed by atoms with Gasteiger partial charge in [0.1, 0.15) is 12.1 Å². The smallest absolute Gasteiger partial charge is 0.455 e. The Balaban J connectivity index is 1.92. The van der Waals surface area contributed by atoms with Crippen molar-refractivity contribution in [1.82, 2.24) is 4.98 Å². The summed E-state index contributed by atoms with van der Waals surface area (Å²) in [4.78, 5) is 14.3. The lowest BCUT2D eigenvalue weighted by Gasteiger charge is -2.34. The second-order valence-corrected chi connectivity index (χ2v) is 7.52. The highest BCUT2D eigenvalue weighted by atomic mass is 19.4. The molecule has 1 heterocycles. The second kappa shape index (κ2) is 6.02. The molecule has 5 nitrogen and oxygen atoms in total. The number of carbonyl (C=O) groups excluding carboxylic acids is 1. The average molecular weight is 366 g/mol. The standard InChI is InChI=1S/C18H19F3N3O2/c1-24(2,3)16(12-7-15(12)26-17(25)18(19,20)21)13-9-23-14-5-4-10(8-22)6-11(13)14/h4-6,9,12,15-16,23H,7H2,1-3H3/q+1. The molecule has 1 N–H and O–H groups in total. The molecular formula is C18H19F3N3O2+. The SMILES string of the molecule is C[N+](C)(C)C(c1c[nH]c2ccc(C#N)cc12)C1CC1OC(=O)C(F)(F)F. The van der Waals surface area contributed by atoms with Gasteiger partial charge in [-0.05, 0) is 24.6 Å². The van der Waals surface area contributed by atoms with Crippen LogP contribution in [0.5, 0.6) is 0 Å². The van der Waals surface area contributed by atoms with E-state index in [0.29, 0.717) is 16.5 Å². The molecular weight excluding hydrogens is 347 g/mol. The largest absolute Gasteiger partial charge is 0.490 e. The number of quaternary nitrogens is 1. The fraction of sp³-hybridized carbons (Fsp3) is 0.444. The molecule has 138 valence electrons. The number of nitriles is 1. The number of aromatic nitrogens is 1. The molecule has 8 heteroatoms. The zero-order valence-corrected chi connectivity index (χ0v) is 14.6. The Morgan fingerprint density at radius 3 is 2.65 bits per heavy atom. The minimum Gasteiger partial charge on any atom is -0.455 e. The molecule has 0 aliphatic heterocycles. The van der Waals surface area contributed by atoms with E-state index >= 15 is 0 Å². The first kappa shape index (κ1) is 18.3. The normalized spacial score (nSPS) is 21.3. The van der Waals surface area contributed by atoms with Crippen LogP contribution in [0.2, 0.25) is 0 Å². The summed E-state index contributed by atoms with van der Waals surface area (Å²) in [6.45, 7) is 0. The minimum atomic E-state index is -4.98. The molecule has 1 aromatic heterocycles. The first-order chi connectivity index (χ1) is 12.0. The fourth-order valence-corrected chi connectivity index (χ4v) is 3.54. The van der Waals surface area contributed by atoms with Gasteiger partial charge in [0, 0.05) is 22.7 Å². The first-order valence-corrected chi connectivity index (χ1v) is 8.12. The number of nitrogens with one attached hydrogen (secondary N) is 1. The molecule has 1 saturated carbocycles. The van der Waals surface area contributed by atoms with E-state index in [2.05, 4.69) is 15.8 Å². The number of H-pyrrole nitrogens is 1. The predicted molar refractivity (Wildman–Crippen MR) is 87.8 cm³/mol. The Kier molecular flexibility index (Phi) is 4.23. The van der Waals surface area contributed by atoms with Gasteiger partial charge in [-0.3, -0.25) is 0 Å². The molecule has 1 aliphatic carbocycles. The van der Waals surface area contributed by atoms with E-state index < -0.39 is 18.2 Å². The van der Waals surface area contributed by atoms with Crippen molar-refractivity contribution in [3.05, 3.63) is 35.5 Å². The van der Waals surface area contributed by atoms with Gasteiger partial charge >= 0.3 is 12.1 Å². The second-order valence-electron chi connectivity index (χ2n) is 7.52. The van der Waals surface area contributed by atoms with Gasteiger partial charge in [0.05, 0.1) is 38.7 Å². The Morgan fingerprint density at radius 2 is 2.08 bits per heavy atom. The van der Waals surface area contributed by atoms with Crippen molar-refractivity contribution >= 4 is 16.9 Å². The third-order valence-electron chi connectivity index (χ3n) is 4.67. The van der Waals surface area contributed by atoms with Gasteiger partial charge in [0.15, 0.2) is 0 Å².